The van der Waals surface area contributed by atoms with E-state index in [9.17, 15) is 9.18 Å². The van der Waals surface area contributed by atoms with Gasteiger partial charge in [-0.25, -0.2) is 14.1 Å². The fourth-order valence-corrected chi connectivity index (χ4v) is 4.17. The number of hydrogen-bond donors (Lipinski definition) is 0. The Morgan fingerprint density at radius 2 is 1.93 bits per heavy atom. The fraction of sp³-hybridized carbons (Fsp3) is 0.0952. The fourth-order valence-electron chi connectivity index (χ4n) is 3.17. The molecule has 5 aromatic rings. The number of benzene rings is 2. The second-order valence-electron chi connectivity index (χ2n) is 6.65. The molecule has 0 saturated carbocycles. The lowest BCUT2D eigenvalue weighted by molar-refractivity contribution is -0.119. The standard InChI is InChI=1S/C21H15FN6OS/c22-14-8-9-17-19(11-14)30-21(24-17)27(12-15-5-3-4-10-23-15)20(29)13-28-18-7-2-1-6-16(18)25-26-28/h1-11H,12-13H2. The first-order valence-electron chi connectivity index (χ1n) is 9.22. The van der Waals surface area contributed by atoms with Crippen molar-refractivity contribution < 1.29 is 9.18 Å². The van der Waals surface area contributed by atoms with Gasteiger partial charge in [-0.05, 0) is 42.5 Å². The van der Waals surface area contributed by atoms with E-state index >= 15 is 0 Å². The zero-order valence-corrected chi connectivity index (χ0v) is 16.5. The van der Waals surface area contributed by atoms with Gasteiger partial charge in [-0.2, -0.15) is 0 Å². The van der Waals surface area contributed by atoms with E-state index in [4.69, 9.17) is 0 Å². The number of pyridine rings is 1. The minimum absolute atomic E-state index is 0.00235. The Morgan fingerprint density at radius 3 is 2.80 bits per heavy atom. The molecule has 0 aliphatic carbocycles. The Morgan fingerprint density at radius 1 is 1.07 bits per heavy atom. The van der Waals surface area contributed by atoms with E-state index in [1.165, 1.54) is 23.5 Å². The first kappa shape index (κ1) is 18.3. The maximum atomic E-state index is 13.6. The van der Waals surface area contributed by atoms with Gasteiger partial charge in [0.2, 0.25) is 0 Å². The number of rotatable bonds is 5. The predicted molar refractivity (Wildman–Crippen MR) is 113 cm³/mol. The lowest BCUT2D eigenvalue weighted by Crippen LogP contribution is -2.34. The molecule has 30 heavy (non-hydrogen) atoms. The van der Waals surface area contributed by atoms with Gasteiger partial charge in [0, 0.05) is 6.20 Å². The SMILES string of the molecule is O=C(Cn1nnc2ccccc21)N(Cc1ccccn1)c1nc2ccc(F)cc2s1. The number of anilines is 1. The number of carbonyl (C=O) groups is 1. The van der Waals surface area contributed by atoms with Crippen LogP contribution >= 0.6 is 11.3 Å². The van der Waals surface area contributed by atoms with Crippen LogP contribution in [0.5, 0.6) is 0 Å². The Hall–Kier alpha value is -3.72. The van der Waals surface area contributed by atoms with Crippen molar-refractivity contribution in [1.82, 2.24) is 25.0 Å². The number of aromatic nitrogens is 5. The molecule has 5 rings (SSSR count). The summed E-state index contributed by atoms with van der Waals surface area (Å²) in [5.41, 5.74) is 2.85. The van der Waals surface area contributed by atoms with E-state index in [2.05, 4.69) is 20.3 Å². The van der Waals surface area contributed by atoms with E-state index in [0.29, 0.717) is 15.3 Å². The number of thiazole rings is 1. The Bertz CT molecular complexity index is 1350. The largest absolute Gasteiger partial charge is 0.280 e. The van der Waals surface area contributed by atoms with Crippen LogP contribution in [0.4, 0.5) is 9.52 Å². The maximum absolute atomic E-state index is 13.6. The second kappa shape index (κ2) is 7.60. The minimum atomic E-state index is -0.339. The number of hydrogen-bond acceptors (Lipinski definition) is 6. The van der Waals surface area contributed by atoms with Gasteiger partial charge in [-0.1, -0.05) is 34.7 Å². The van der Waals surface area contributed by atoms with Gasteiger partial charge in [-0.15, -0.1) is 5.10 Å². The van der Waals surface area contributed by atoms with Crippen molar-refractivity contribution in [2.24, 2.45) is 0 Å². The smallest absolute Gasteiger partial charge is 0.250 e. The molecule has 0 bridgehead atoms. The molecule has 0 radical (unpaired) electrons. The quantitative estimate of drug-likeness (QED) is 0.434. The van der Waals surface area contributed by atoms with Crippen molar-refractivity contribution in [3.63, 3.8) is 0 Å². The lowest BCUT2D eigenvalue weighted by atomic mass is 10.3. The highest BCUT2D eigenvalue weighted by atomic mass is 32.1. The second-order valence-corrected chi connectivity index (χ2v) is 7.65. The first-order valence-corrected chi connectivity index (χ1v) is 10.0. The molecule has 0 fully saturated rings. The summed E-state index contributed by atoms with van der Waals surface area (Å²) in [6.45, 7) is 0.242. The highest BCUT2D eigenvalue weighted by Crippen LogP contribution is 2.30. The predicted octanol–water partition coefficient (Wildman–Crippen LogP) is 3.81. The van der Waals surface area contributed by atoms with E-state index in [1.54, 1.807) is 21.8 Å². The summed E-state index contributed by atoms with van der Waals surface area (Å²) in [6.07, 6.45) is 1.68. The molecule has 0 spiro atoms. The van der Waals surface area contributed by atoms with Crippen molar-refractivity contribution in [2.75, 3.05) is 4.90 Å². The molecule has 1 amide bonds. The monoisotopic (exact) mass is 418 g/mol. The van der Waals surface area contributed by atoms with Crippen LogP contribution in [0.1, 0.15) is 5.69 Å². The summed E-state index contributed by atoms with van der Waals surface area (Å²) >= 11 is 1.26. The van der Waals surface area contributed by atoms with Crippen molar-refractivity contribution in [3.8, 4) is 0 Å². The van der Waals surface area contributed by atoms with Crippen LogP contribution in [-0.2, 0) is 17.9 Å². The topological polar surface area (TPSA) is 76.8 Å². The Labute approximate surface area is 174 Å². The van der Waals surface area contributed by atoms with Crippen molar-refractivity contribution >= 4 is 43.6 Å². The number of fused-ring (bicyclic) bond motifs is 2. The summed E-state index contributed by atoms with van der Waals surface area (Å²) in [6, 6.07) is 17.4. The number of carbonyl (C=O) groups excluding carboxylic acids is 1. The van der Waals surface area contributed by atoms with E-state index < -0.39 is 0 Å². The molecular formula is C21H15FN6OS. The average molecular weight is 418 g/mol. The van der Waals surface area contributed by atoms with Gasteiger partial charge in [0.1, 0.15) is 17.9 Å². The highest BCUT2D eigenvalue weighted by Gasteiger charge is 2.22. The van der Waals surface area contributed by atoms with Crippen LogP contribution in [0.15, 0.2) is 66.9 Å². The molecule has 3 heterocycles. The molecule has 3 aromatic heterocycles. The zero-order chi connectivity index (χ0) is 20.5. The minimum Gasteiger partial charge on any atom is -0.280 e. The molecule has 9 heteroatoms. The first-order chi connectivity index (χ1) is 14.7. The molecular weight excluding hydrogens is 403 g/mol. The van der Waals surface area contributed by atoms with E-state index in [1.807, 2.05) is 42.5 Å². The lowest BCUT2D eigenvalue weighted by Gasteiger charge is -2.19. The molecule has 0 N–H and O–H groups in total. The van der Waals surface area contributed by atoms with Gasteiger partial charge in [-0.3, -0.25) is 14.7 Å². The maximum Gasteiger partial charge on any atom is 0.250 e. The van der Waals surface area contributed by atoms with Crippen molar-refractivity contribution in [3.05, 3.63) is 78.4 Å². The molecule has 2 aromatic carbocycles. The van der Waals surface area contributed by atoms with Crippen molar-refractivity contribution in [2.45, 2.75) is 13.1 Å². The molecule has 7 nitrogen and oxygen atoms in total. The number of para-hydroxylation sites is 1. The zero-order valence-electron chi connectivity index (χ0n) is 15.6. The van der Waals surface area contributed by atoms with Crippen molar-refractivity contribution in [1.29, 1.82) is 0 Å². The molecule has 0 saturated heterocycles. The molecule has 0 atom stereocenters. The number of amides is 1. The van der Waals surface area contributed by atoms with Gasteiger partial charge in [0.25, 0.3) is 5.91 Å². The van der Waals surface area contributed by atoms with Crippen LogP contribution in [0.25, 0.3) is 21.3 Å². The third kappa shape index (κ3) is 3.50. The summed E-state index contributed by atoms with van der Waals surface area (Å²) in [5.74, 6) is -0.551. The molecule has 148 valence electrons. The van der Waals surface area contributed by atoms with E-state index in [-0.39, 0.29) is 24.8 Å². The number of halogens is 1. The average Bonchev–Trinajstić information content (AvgIpc) is 3.36. The summed E-state index contributed by atoms with van der Waals surface area (Å²) < 4.78 is 15.9. The number of nitrogens with zero attached hydrogens (tertiary/aromatic N) is 6. The Balaban J connectivity index is 1.51. The normalized spacial score (nSPS) is 11.2. The molecule has 0 aliphatic rings. The van der Waals surface area contributed by atoms with Crippen LogP contribution in [0.3, 0.4) is 0 Å². The summed E-state index contributed by atoms with van der Waals surface area (Å²) in [4.78, 5) is 23.7. The van der Waals surface area contributed by atoms with Crippen LogP contribution in [0.2, 0.25) is 0 Å². The van der Waals surface area contributed by atoms with E-state index in [0.717, 1.165) is 16.7 Å². The summed E-state index contributed by atoms with van der Waals surface area (Å²) in [7, 11) is 0. The van der Waals surface area contributed by atoms with Gasteiger partial charge in [0.15, 0.2) is 5.13 Å². The van der Waals surface area contributed by atoms with Gasteiger partial charge in [0.05, 0.1) is 28.0 Å². The van der Waals surface area contributed by atoms with Gasteiger partial charge < -0.3 is 0 Å². The molecule has 0 aliphatic heterocycles. The molecule has 0 unspecified atom stereocenters. The Kier molecular flexibility index (Phi) is 4.64. The van der Waals surface area contributed by atoms with Crippen LogP contribution < -0.4 is 4.90 Å². The third-order valence-electron chi connectivity index (χ3n) is 4.62. The summed E-state index contributed by atoms with van der Waals surface area (Å²) in [5, 5.41) is 8.70. The highest BCUT2D eigenvalue weighted by molar-refractivity contribution is 7.22. The third-order valence-corrected chi connectivity index (χ3v) is 5.66. The van der Waals surface area contributed by atoms with Gasteiger partial charge >= 0.3 is 0 Å². The van der Waals surface area contributed by atoms with Crippen LogP contribution in [-0.4, -0.2) is 30.9 Å². The van der Waals surface area contributed by atoms with Crippen LogP contribution in [0, 0.1) is 5.82 Å².